The van der Waals surface area contributed by atoms with Crippen LogP contribution in [-0.4, -0.2) is 16.7 Å². The van der Waals surface area contributed by atoms with E-state index in [9.17, 15) is 0 Å². The second-order valence-electron chi connectivity index (χ2n) is 3.80. The van der Waals surface area contributed by atoms with Crippen LogP contribution in [0.4, 0.5) is 5.82 Å². The van der Waals surface area contributed by atoms with E-state index in [4.69, 9.17) is 26.0 Å². The molecule has 7 nitrogen and oxygen atoms in total. The molecule has 0 aliphatic carbocycles. The van der Waals surface area contributed by atoms with Crippen LogP contribution in [0.5, 0.6) is 5.88 Å². The molecule has 7 heteroatoms. The fourth-order valence-corrected chi connectivity index (χ4v) is 1.57. The smallest absolute Gasteiger partial charge is 0.234 e. The molecule has 4 N–H and O–H groups in total. The first-order chi connectivity index (χ1) is 9.24. The summed E-state index contributed by atoms with van der Waals surface area (Å²) in [5, 5.41) is 12.6. The highest BCUT2D eigenvalue weighted by Gasteiger charge is 2.19. The molecule has 0 amide bonds. The molecule has 0 radical (unpaired) electrons. The van der Waals surface area contributed by atoms with E-state index < -0.39 is 6.10 Å². The first kappa shape index (κ1) is 12.9. The summed E-state index contributed by atoms with van der Waals surface area (Å²) < 4.78 is 10.7. The van der Waals surface area contributed by atoms with Gasteiger partial charge < -0.3 is 20.7 Å². The van der Waals surface area contributed by atoms with Crippen molar-refractivity contribution in [2.75, 3.05) is 12.3 Å². The Morgan fingerprint density at radius 1 is 1.42 bits per heavy atom. The van der Waals surface area contributed by atoms with Gasteiger partial charge in [-0.15, -0.1) is 0 Å². The minimum absolute atomic E-state index is 0.164. The molecule has 98 valence electrons. The Morgan fingerprint density at radius 2 is 2.26 bits per heavy atom. The minimum atomic E-state index is -0.450. The molecule has 0 aliphatic rings. The van der Waals surface area contributed by atoms with E-state index in [2.05, 4.69) is 10.1 Å². The largest absolute Gasteiger partial charge is 0.465 e. The van der Waals surface area contributed by atoms with Crippen molar-refractivity contribution in [1.82, 2.24) is 10.1 Å². The molecule has 0 saturated heterocycles. The van der Waals surface area contributed by atoms with Crippen LogP contribution in [0.3, 0.4) is 0 Å². The van der Waals surface area contributed by atoms with E-state index in [-0.39, 0.29) is 11.7 Å². The van der Waals surface area contributed by atoms with Gasteiger partial charge in [0, 0.05) is 12.5 Å². The van der Waals surface area contributed by atoms with Crippen LogP contribution in [0.25, 0.3) is 0 Å². The van der Waals surface area contributed by atoms with Crippen LogP contribution in [0.2, 0.25) is 0 Å². The van der Waals surface area contributed by atoms with Gasteiger partial charge in [-0.25, -0.2) is 0 Å². The number of nitrogens with zero attached hydrogens (tertiary/aromatic N) is 3. The van der Waals surface area contributed by atoms with Crippen LogP contribution in [0, 0.1) is 11.3 Å². The zero-order chi connectivity index (χ0) is 13.7. The quantitative estimate of drug-likeness (QED) is 0.820. The highest BCUT2D eigenvalue weighted by molar-refractivity contribution is 5.44. The van der Waals surface area contributed by atoms with E-state index in [1.54, 1.807) is 12.1 Å². The average molecular weight is 259 g/mol. The molecular formula is C12H13N5O2. The summed E-state index contributed by atoms with van der Waals surface area (Å²) in [5.41, 5.74) is 11.4. The molecule has 2 rings (SSSR count). The van der Waals surface area contributed by atoms with Crippen molar-refractivity contribution < 1.29 is 9.26 Å². The summed E-state index contributed by atoms with van der Waals surface area (Å²) in [4.78, 5) is 4.01. The van der Waals surface area contributed by atoms with E-state index in [0.717, 1.165) is 0 Å². The van der Waals surface area contributed by atoms with Crippen molar-refractivity contribution in [3.63, 3.8) is 0 Å². The standard InChI is InChI=1S/C12H13N5O2/c13-5-3-9(10-4-6-16-19-10)18-12-8(7-14)1-2-11(15)17-12/h1-2,4,6,9H,3,5,13H2,(H2,15,17)/t9-/m1/s1. The van der Waals surface area contributed by atoms with Gasteiger partial charge in [-0.05, 0) is 18.7 Å². The van der Waals surface area contributed by atoms with Gasteiger partial charge in [0.25, 0.3) is 0 Å². The van der Waals surface area contributed by atoms with Crippen molar-refractivity contribution in [3.05, 3.63) is 35.7 Å². The molecule has 0 fully saturated rings. The molecule has 0 saturated carbocycles. The first-order valence-electron chi connectivity index (χ1n) is 5.68. The van der Waals surface area contributed by atoms with Crippen LogP contribution < -0.4 is 16.2 Å². The number of hydrogen-bond donors (Lipinski definition) is 2. The van der Waals surface area contributed by atoms with E-state index >= 15 is 0 Å². The van der Waals surface area contributed by atoms with Crippen molar-refractivity contribution in [2.24, 2.45) is 5.73 Å². The van der Waals surface area contributed by atoms with Crippen LogP contribution in [0.15, 0.2) is 28.9 Å². The monoisotopic (exact) mass is 259 g/mol. The normalized spacial score (nSPS) is 11.8. The summed E-state index contributed by atoms with van der Waals surface area (Å²) in [5.74, 6) is 0.967. The van der Waals surface area contributed by atoms with Gasteiger partial charge in [-0.2, -0.15) is 10.2 Å². The molecular weight excluding hydrogens is 246 g/mol. The summed E-state index contributed by atoms with van der Waals surface area (Å²) in [6, 6.07) is 6.77. The highest BCUT2D eigenvalue weighted by atomic mass is 16.5. The average Bonchev–Trinajstić information content (AvgIpc) is 2.92. The van der Waals surface area contributed by atoms with Crippen LogP contribution >= 0.6 is 0 Å². The van der Waals surface area contributed by atoms with Gasteiger partial charge in [-0.3, -0.25) is 0 Å². The molecule has 19 heavy (non-hydrogen) atoms. The van der Waals surface area contributed by atoms with Crippen molar-refractivity contribution in [3.8, 4) is 11.9 Å². The number of anilines is 1. The van der Waals surface area contributed by atoms with Gasteiger partial charge >= 0.3 is 0 Å². The van der Waals surface area contributed by atoms with Crippen LogP contribution in [-0.2, 0) is 0 Å². The summed E-state index contributed by atoms with van der Waals surface area (Å²) in [6.45, 7) is 0.398. The maximum atomic E-state index is 9.01. The number of nitrogens with two attached hydrogens (primary N) is 2. The van der Waals surface area contributed by atoms with Gasteiger partial charge in [0.05, 0.1) is 6.20 Å². The number of nitriles is 1. The lowest BCUT2D eigenvalue weighted by Gasteiger charge is -2.15. The second-order valence-corrected chi connectivity index (χ2v) is 3.80. The van der Waals surface area contributed by atoms with E-state index in [1.807, 2.05) is 6.07 Å². The number of nitrogen functional groups attached to an aromatic ring is 1. The maximum Gasteiger partial charge on any atom is 0.234 e. The van der Waals surface area contributed by atoms with E-state index in [0.29, 0.717) is 24.3 Å². The molecule has 0 bridgehead atoms. The third-order valence-electron chi connectivity index (χ3n) is 2.46. The van der Waals surface area contributed by atoms with E-state index in [1.165, 1.54) is 12.3 Å². The lowest BCUT2D eigenvalue weighted by atomic mass is 10.2. The SMILES string of the molecule is N#Cc1ccc(N)nc1O[C@H](CCN)c1ccno1. The number of hydrogen-bond acceptors (Lipinski definition) is 7. The minimum Gasteiger partial charge on any atom is -0.465 e. The fraction of sp³-hybridized carbons (Fsp3) is 0.250. The molecule has 0 aliphatic heterocycles. The molecule has 2 aromatic rings. The number of aromatic nitrogens is 2. The summed E-state index contributed by atoms with van der Waals surface area (Å²) in [7, 11) is 0. The maximum absolute atomic E-state index is 9.01. The molecule has 2 heterocycles. The lowest BCUT2D eigenvalue weighted by molar-refractivity contribution is 0.151. The van der Waals surface area contributed by atoms with Crippen molar-refractivity contribution in [2.45, 2.75) is 12.5 Å². The summed E-state index contributed by atoms with van der Waals surface area (Å²) >= 11 is 0. The highest BCUT2D eigenvalue weighted by Crippen LogP contribution is 2.26. The Bertz CT molecular complexity index is 576. The molecule has 1 atom stereocenters. The van der Waals surface area contributed by atoms with Gasteiger partial charge in [0.2, 0.25) is 5.88 Å². The Morgan fingerprint density at radius 3 is 2.89 bits per heavy atom. The first-order valence-corrected chi connectivity index (χ1v) is 5.68. The Balaban J connectivity index is 2.27. The van der Waals surface area contributed by atoms with Gasteiger partial charge in [-0.1, -0.05) is 5.16 Å². The van der Waals surface area contributed by atoms with Gasteiger partial charge in [0.1, 0.15) is 17.5 Å². The number of rotatable bonds is 5. The Hall–Kier alpha value is -2.59. The number of ether oxygens (including phenoxy) is 1. The molecule has 0 spiro atoms. The molecule has 0 unspecified atom stereocenters. The predicted octanol–water partition coefficient (Wildman–Crippen LogP) is 0.992. The second kappa shape index (κ2) is 5.84. The van der Waals surface area contributed by atoms with Crippen LogP contribution in [0.1, 0.15) is 23.8 Å². The van der Waals surface area contributed by atoms with Crippen molar-refractivity contribution >= 4 is 5.82 Å². The Kier molecular flexibility index (Phi) is 3.95. The third-order valence-corrected chi connectivity index (χ3v) is 2.46. The van der Waals surface area contributed by atoms with Crippen molar-refractivity contribution in [1.29, 1.82) is 5.26 Å². The lowest BCUT2D eigenvalue weighted by Crippen LogP contribution is -2.14. The third kappa shape index (κ3) is 3.00. The Labute approximate surface area is 109 Å². The predicted molar refractivity (Wildman–Crippen MR) is 66.9 cm³/mol. The van der Waals surface area contributed by atoms with Gasteiger partial charge in [0.15, 0.2) is 11.9 Å². The zero-order valence-corrected chi connectivity index (χ0v) is 10.1. The zero-order valence-electron chi connectivity index (χ0n) is 10.1. The fourth-order valence-electron chi connectivity index (χ4n) is 1.57. The topological polar surface area (TPSA) is 124 Å². The molecule has 0 aromatic carbocycles. The molecule has 2 aromatic heterocycles. The number of pyridine rings is 1. The summed E-state index contributed by atoms with van der Waals surface area (Å²) in [6.07, 6.45) is 1.57.